The van der Waals surface area contributed by atoms with Crippen molar-refractivity contribution in [1.29, 1.82) is 0 Å². The maximum absolute atomic E-state index is 13.1. The summed E-state index contributed by atoms with van der Waals surface area (Å²) in [7, 11) is 1.00. The van der Waals surface area contributed by atoms with E-state index < -0.39 is 54.9 Å². The first-order chi connectivity index (χ1) is 9.64. The summed E-state index contributed by atoms with van der Waals surface area (Å²) in [6, 6.07) is -1.77. The van der Waals surface area contributed by atoms with Crippen LogP contribution in [0, 0.1) is 5.41 Å². The Labute approximate surface area is 117 Å². The Bertz CT molecular complexity index is 432. The number of aliphatic carboxylic acids is 1. The molecule has 0 aromatic heterocycles. The van der Waals surface area contributed by atoms with Crippen LogP contribution < -0.4 is 10.6 Å². The fourth-order valence-corrected chi connectivity index (χ4v) is 2.00. The zero-order valence-electron chi connectivity index (χ0n) is 11.1. The lowest BCUT2D eigenvalue weighted by molar-refractivity contribution is -0.216. The molecule has 2 atom stereocenters. The lowest BCUT2D eigenvalue weighted by Gasteiger charge is -2.30. The summed E-state index contributed by atoms with van der Waals surface area (Å²) in [5.41, 5.74) is -2.68. The molecule has 0 spiro atoms. The van der Waals surface area contributed by atoms with E-state index in [-0.39, 0.29) is 6.54 Å². The van der Waals surface area contributed by atoms with Gasteiger partial charge in [-0.15, -0.1) is 0 Å². The minimum Gasteiger partial charge on any atom is -0.480 e. The first-order valence-corrected chi connectivity index (χ1v) is 6.02. The molecule has 1 unspecified atom stereocenters. The van der Waals surface area contributed by atoms with Crippen LogP contribution in [0.4, 0.5) is 13.2 Å². The molecular weight excluding hydrogens is 297 g/mol. The summed E-state index contributed by atoms with van der Waals surface area (Å²) in [6.07, 6.45) is -6.07. The summed E-state index contributed by atoms with van der Waals surface area (Å²) in [5, 5.41) is 13.1. The third-order valence-corrected chi connectivity index (χ3v) is 3.33. The smallest absolute Gasteiger partial charge is 0.404 e. The van der Waals surface area contributed by atoms with Gasteiger partial charge in [-0.2, -0.15) is 13.2 Å². The van der Waals surface area contributed by atoms with Crippen molar-refractivity contribution in [3.05, 3.63) is 0 Å². The number of alkyl halides is 3. The largest absolute Gasteiger partial charge is 0.480 e. The summed E-state index contributed by atoms with van der Waals surface area (Å²) in [5.74, 6) is -4.03. The molecule has 1 rings (SSSR count). The molecule has 3 N–H and O–H groups in total. The van der Waals surface area contributed by atoms with Crippen molar-refractivity contribution in [2.24, 2.45) is 5.41 Å². The van der Waals surface area contributed by atoms with Crippen molar-refractivity contribution in [2.45, 2.75) is 25.1 Å². The van der Waals surface area contributed by atoms with E-state index in [9.17, 15) is 27.6 Å². The molecular formula is C11H15F3N2O5. The van der Waals surface area contributed by atoms with Crippen LogP contribution in [-0.4, -0.2) is 55.4 Å². The molecule has 0 aliphatic carbocycles. The van der Waals surface area contributed by atoms with E-state index >= 15 is 0 Å². The van der Waals surface area contributed by atoms with E-state index in [0.717, 1.165) is 7.11 Å². The summed E-state index contributed by atoms with van der Waals surface area (Å²) >= 11 is 0. The maximum atomic E-state index is 13.1. The van der Waals surface area contributed by atoms with Gasteiger partial charge in [0.25, 0.3) is 0 Å². The second-order valence-electron chi connectivity index (χ2n) is 4.65. The second kappa shape index (κ2) is 6.29. The van der Waals surface area contributed by atoms with E-state index in [1.165, 1.54) is 0 Å². The number of carboxylic acid groups (broad SMARTS) is 1. The number of carboxylic acids is 1. The highest BCUT2D eigenvalue weighted by Gasteiger charge is 2.61. The summed E-state index contributed by atoms with van der Waals surface area (Å²) in [4.78, 5) is 33.9. The van der Waals surface area contributed by atoms with Gasteiger partial charge in [-0.05, 0) is 13.0 Å². The van der Waals surface area contributed by atoms with Gasteiger partial charge in [-0.1, -0.05) is 0 Å². The van der Waals surface area contributed by atoms with Gasteiger partial charge in [-0.3, -0.25) is 9.59 Å². The average molecular weight is 312 g/mol. The van der Waals surface area contributed by atoms with E-state index in [1.807, 2.05) is 0 Å². The van der Waals surface area contributed by atoms with Gasteiger partial charge in [-0.25, -0.2) is 4.79 Å². The number of hydrogen-bond acceptors (Lipinski definition) is 5. The zero-order chi connectivity index (χ0) is 16.3. The van der Waals surface area contributed by atoms with Gasteiger partial charge in [0.2, 0.25) is 5.91 Å². The van der Waals surface area contributed by atoms with Crippen LogP contribution in [0.2, 0.25) is 0 Å². The number of carbonyl (C=O) groups is 3. The van der Waals surface area contributed by atoms with Crippen LogP contribution in [-0.2, 0) is 19.1 Å². The number of hydrogen-bond donors (Lipinski definition) is 3. The second-order valence-corrected chi connectivity index (χ2v) is 4.65. The Hall–Kier alpha value is -1.84. The third-order valence-electron chi connectivity index (χ3n) is 3.33. The number of rotatable bonds is 5. The predicted molar refractivity (Wildman–Crippen MR) is 62.2 cm³/mol. The standard InChI is InChI=1S/C11H15F3N2O5/c1-21-7(17)4-6(8(18)19)16-9(20)10(11(12,13)14)2-3-15-5-10/h6,15H,2-5H2,1H3,(H,16,20)(H,18,19)/t6-,10?/m0/s1. The van der Waals surface area contributed by atoms with E-state index in [1.54, 1.807) is 5.32 Å². The number of esters is 1. The van der Waals surface area contributed by atoms with Crippen molar-refractivity contribution in [3.63, 3.8) is 0 Å². The molecule has 21 heavy (non-hydrogen) atoms. The van der Waals surface area contributed by atoms with Crippen LogP contribution in [0.1, 0.15) is 12.8 Å². The fraction of sp³-hybridized carbons (Fsp3) is 0.727. The topological polar surface area (TPSA) is 105 Å². The van der Waals surface area contributed by atoms with E-state index in [2.05, 4.69) is 10.1 Å². The van der Waals surface area contributed by atoms with Gasteiger partial charge < -0.3 is 20.5 Å². The van der Waals surface area contributed by atoms with Crippen LogP contribution in [0.15, 0.2) is 0 Å². The van der Waals surface area contributed by atoms with Crippen LogP contribution in [0.25, 0.3) is 0 Å². The average Bonchev–Trinajstić information content (AvgIpc) is 2.87. The molecule has 1 aliphatic rings. The SMILES string of the molecule is COC(=O)C[C@H](NC(=O)C1(C(F)(F)F)CCNC1)C(=O)O. The molecule has 0 saturated carbocycles. The molecule has 1 saturated heterocycles. The van der Waals surface area contributed by atoms with Gasteiger partial charge >= 0.3 is 18.1 Å². The predicted octanol–water partition coefficient (Wildman–Crippen LogP) is -0.339. The monoisotopic (exact) mass is 312 g/mol. The summed E-state index contributed by atoms with van der Waals surface area (Å²) < 4.78 is 43.6. The number of halogens is 3. The van der Waals surface area contributed by atoms with Crippen molar-refractivity contribution in [3.8, 4) is 0 Å². The molecule has 1 amide bonds. The van der Waals surface area contributed by atoms with Crippen molar-refractivity contribution in [1.82, 2.24) is 10.6 Å². The summed E-state index contributed by atoms with van der Waals surface area (Å²) in [6.45, 7) is -0.644. The van der Waals surface area contributed by atoms with Gasteiger partial charge in [0.1, 0.15) is 6.04 Å². The number of carbonyl (C=O) groups excluding carboxylic acids is 2. The minimum absolute atomic E-state index is 0.0122. The molecule has 0 aromatic carbocycles. The highest BCUT2D eigenvalue weighted by Crippen LogP contribution is 2.43. The normalized spacial score (nSPS) is 23.4. The molecule has 1 aliphatic heterocycles. The van der Waals surface area contributed by atoms with Crippen LogP contribution in [0.5, 0.6) is 0 Å². The molecule has 0 aromatic rings. The van der Waals surface area contributed by atoms with Crippen molar-refractivity contribution < 1.29 is 37.4 Å². The molecule has 120 valence electrons. The first kappa shape index (κ1) is 17.2. The highest BCUT2D eigenvalue weighted by molar-refractivity contribution is 5.90. The van der Waals surface area contributed by atoms with Gasteiger partial charge in [0.15, 0.2) is 5.41 Å². The van der Waals surface area contributed by atoms with E-state index in [4.69, 9.17) is 5.11 Å². The Morgan fingerprint density at radius 1 is 1.43 bits per heavy atom. The van der Waals surface area contributed by atoms with Crippen LogP contribution in [0.3, 0.4) is 0 Å². The molecule has 1 heterocycles. The Morgan fingerprint density at radius 3 is 2.43 bits per heavy atom. The highest BCUT2D eigenvalue weighted by atomic mass is 19.4. The third kappa shape index (κ3) is 3.63. The Morgan fingerprint density at radius 2 is 2.05 bits per heavy atom. The fourth-order valence-electron chi connectivity index (χ4n) is 2.00. The number of ether oxygens (including phenoxy) is 1. The minimum atomic E-state index is -4.82. The molecule has 7 nitrogen and oxygen atoms in total. The maximum Gasteiger partial charge on any atom is 0.404 e. The first-order valence-electron chi connectivity index (χ1n) is 6.02. The van der Waals surface area contributed by atoms with Crippen molar-refractivity contribution in [2.75, 3.05) is 20.2 Å². The zero-order valence-corrected chi connectivity index (χ0v) is 11.1. The lowest BCUT2D eigenvalue weighted by atomic mass is 9.85. The van der Waals surface area contributed by atoms with Gasteiger partial charge in [0.05, 0.1) is 13.5 Å². The van der Waals surface area contributed by atoms with Crippen LogP contribution >= 0.6 is 0 Å². The molecule has 0 radical (unpaired) electrons. The quantitative estimate of drug-likeness (QED) is 0.600. The van der Waals surface area contributed by atoms with Crippen molar-refractivity contribution >= 4 is 17.8 Å². The number of methoxy groups -OCH3 is 1. The Kier molecular flexibility index (Phi) is 5.15. The van der Waals surface area contributed by atoms with Gasteiger partial charge in [0, 0.05) is 6.54 Å². The molecule has 0 bridgehead atoms. The number of nitrogens with one attached hydrogen (secondary N) is 2. The molecule has 10 heteroatoms. The van der Waals surface area contributed by atoms with E-state index in [0.29, 0.717) is 0 Å². The number of amides is 1. The lowest BCUT2D eigenvalue weighted by Crippen LogP contribution is -2.56. The Balaban J connectivity index is 2.89. The molecule has 1 fully saturated rings.